The van der Waals surface area contributed by atoms with Crippen LogP contribution in [0.25, 0.3) is 0 Å². The van der Waals surface area contributed by atoms with Gasteiger partial charge in [-0.2, -0.15) is 0 Å². The maximum atomic E-state index is 14.6. The van der Waals surface area contributed by atoms with Crippen molar-refractivity contribution in [3.05, 3.63) is 47.0 Å². The van der Waals surface area contributed by atoms with E-state index in [9.17, 15) is 24.3 Å². The lowest BCUT2D eigenvalue weighted by Crippen LogP contribution is -2.66. The second-order valence-electron chi connectivity index (χ2n) is 22.2. The van der Waals surface area contributed by atoms with Gasteiger partial charge in [0.05, 0.1) is 11.8 Å². The Hall–Kier alpha value is -3.04. The van der Waals surface area contributed by atoms with E-state index in [1.54, 1.807) is 13.8 Å². The van der Waals surface area contributed by atoms with Crippen LogP contribution in [0.4, 0.5) is 0 Å². The first kappa shape index (κ1) is 45.5. The van der Waals surface area contributed by atoms with Crippen molar-refractivity contribution in [2.45, 2.75) is 152 Å². The number of aliphatic carboxylic acids is 1. The monoisotopic (exact) mass is 817 g/mol. The first-order valence-corrected chi connectivity index (χ1v) is 22.7. The van der Waals surface area contributed by atoms with Gasteiger partial charge in [0, 0.05) is 50.4 Å². The Labute approximate surface area is 355 Å². The number of hydrogen-bond donors (Lipinski definition) is 1. The number of nitrogens with zero attached hydrogens (tertiary/aromatic N) is 2. The third-order valence-electron chi connectivity index (χ3n) is 17.3. The molecule has 0 heterocycles. The van der Waals surface area contributed by atoms with E-state index in [-0.39, 0.29) is 57.8 Å². The molecule has 5 aliphatic rings. The van der Waals surface area contributed by atoms with Gasteiger partial charge in [-0.25, -0.2) is 0 Å². The molecule has 0 saturated heterocycles. The predicted molar refractivity (Wildman–Crippen MR) is 231 cm³/mol. The molecule has 0 amide bonds. The lowest BCUT2D eigenvalue weighted by Gasteiger charge is -2.72. The molecule has 0 spiro atoms. The summed E-state index contributed by atoms with van der Waals surface area (Å²) < 4.78 is 12.7. The fraction of sp³-hybridized carbons (Fsp3) is 0.760. The SMILES string of the molecule is CC(=O)OC(CN(CCN(C)C)Cc1ccccc1)C12CCC3(C)C(CCC4C5(C)CCC(OC(=O)CC(C)(C)C(=O)O)C(C)(C)C5CCC43C)C1=C(C(C)C)C(=O)C2. The highest BCUT2D eigenvalue weighted by molar-refractivity contribution is 6.01. The van der Waals surface area contributed by atoms with E-state index in [0.717, 1.165) is 76.6 Å². The van der Waals surface area contributed by atoms with Crippen LogP contribution in [0.1, 0.15) is 139 Å². The summed E-state index contributed by atoms with van der Waals surface area (Å²) >= 11 is 0. The Balaban J connectivity index is 1.33. The summed E-state index contributed by atoms with van der Waals surface area (Å²) in [7, 11) is 4.18. The highest BCUT2D eigenvalue weighted by Gasteiger charge is 2.71. The summed E-state index contributed by atoms with van der Waals surface area (Å²) in [6.45, 7) is 24.2. The van der Waals surface area contributed by atoms with Gasteiger partial charge in [-0.3, -0.25) is 24.1 Å². The number of ketones is 1. The number of Topliss-reactive ketones (excluding diaryl/α,β-unsaturated/α-hetero) is 1. The molecule has 1 N–H and O–H groups in total. The van der Waals surface area contributed by atoms with Gasteiger partial charge in [0.15, 0.2) is 5.78 Å². The summed E-state index contributed by atoms with van der Waals surface area (Å²) in [5.41, 5.74) is 1.54. The van der Waals surface area contributed by atoms with Crippen molar-refractivity contribution in [3.8, 4) is 0 Å². The van der Waals surface area contributed by atoms with Crippen molar-refractivity contribution in [3.63, 3.8) is 0 Å². The second-order valence-corrected chi connectivity index (χ2v) is 22.2. The van der Waals surface area contributed by atoms with Crippen LogP contribution in [0.15, 0.2) is 41.5 Å². The molecule has 1 aromatic carbocycles. The van der Waals surface area contributed by atoms with E-state index in [2.05, 4.69) is 96.6 Å². The molecular formula is C50H76N2O7. The molecule has 0 aliphatic heterocycles. The van der Waals surface area contributed by atoms with Gasteiger partial charge in [0.1, 0.15) is 12.2 Å². The second kappa shape index (κ2) is 16.3. The van der Waals surface area contributed by atoms with Gasteiger partial charge in [0.25, 0.3) is 0 Å². The van der Waals surface area contributed by atoms with Gasteiger partial charge in [0.2, 0.25) is 0 Å². The summed E-state index contributed by atoms with van der Waals surface area (Å²) in [4.78, 5) is 57.4. The highest BCUT2D eigenvalue weighted by Crippen LogP contribution is 2.77. The van der Waals surface area contributed by atoms with Gasteiger partial charge < -0.3 is 19.5 Å². The minimum absolute atomic E-state index is 0.0150. The number of benzene rings is 1. The van der Waals surface area contributed by atoms with Crippen molar-refractivity contribution in [2.75, 3.05) is 33.7 Å². The maximum absolute atomic E-state index is 14.6. The summed E-state index contributed by atoms with van der Waals surface area (Å²) in [5.74, 6) is -0.368. The molecule has 0 aromatic heterocycles. The third-order valence-corrected chi connectivity index (χ3v) is 17.3. The number of hydrogen-bond acceptors (Lipinski definition) is 8. The molecule has 0 radical (unpaired) electrons. The number of carboxylic acids is 1. The molecule has 4 fully saturated rings. The number of ether oxygens (including phenoxy) is 2. The van der Waals surface area contributed by atoms with Crippen LogP contribution >= 0.6 is 0 Å². The normalized spacial score (nSPS) is 34.5. The standard InChI is InChI=1S/C50H76N2O7/c1-32(2)42-36(54)28-50(40(58-33(3)53)31-52(27-26-51(11)12)30-34-16-14-13-15-17-34)25-24-48(9)35(43(42)50)18-19-38-47(8)22-21-39(59-41(55)29-45(4,5)44(56)57)46(6,7)37(47)20-23-49(38,48)10/h13-17,32,35,37-40H,18-31H2,1-12H3,(H,56,57). The minimum Gasteiger partial charge on any atom is -0.481 e. The highest BCUT2D eigenvalue weighted by atomic mass is 16.5. The van der Waals surface area contributed by atoms with Gasteiger partial charge in [-0.05, 0) is 136 Å². The number of allylic oxidation sites excluding steroid dienone is 1. The van der Waals surface area contributed by atoms with Crippen LogP contribution in [0, 0.1) is 56.2 Å². The van der Waals surface area contributed by atoms with Crippen molar-refractivity contribution in [2.24, 2.45) is 56.2 Å². The molecule has 1 aromatic rings. The van der Waals surface area contributed by atoms with Crippen molar-refractivity contribution >= 4 is 23.7 Å². The molecule has 328 valence electrons. The molecule has 0 bridgehead atoms. The molecular weight excluding hydrogens is 741 g/mol. The number of fused-ring (bicyclic) bond motifs is 7. The lowest BCUT2D eigenvalue weighted by atomic mass is 9.33. The number of carbonyl (C=O) groups is 4. The zero-order valence-electron chi connectivity index (χ0n) is 38.5. The van der Waals surface area contributed by atoms with Gasteiger partial charge >= 0.3 is 17.9 Å². The predicted octanol–water partition coefficient (Wildman–Crippen LogP) is 9.38. The third kappa shape index (κ3) is 7.98. The fourth-order valence-corrected chi connectivity index (χ4v) is 14.1. The molecule has 5 aliphatic carbocycles. The Morgan fingerprint density at radius 2 is 1.56 bits per heavy atom. The number of likely N-dealkylation sites (N-methyl/N-ethyl adjacent to an activating group) is 1. The number of carboxylic acid groups (broad SMARTS) is 1. The fourth-order valence-electron chi connectivity index (χ4n) is 14.1. The van der Waals surface area contributed by atoms with E-state index in [1.807, 2.05) is 6.07 Å². The van der Waals surface area contributed by atoms with Crippen molar-refractivity contribution in [1.82, 2.24) is 9.80 Å². The average Bonchev–Trinajstić information content (AvgIpc) is 3.45. The minimum atomic E-state index is -1.18. The summed E-state index contributed by atoms with van der Waals surface area (Å²) in [6.07, 6.45) is 7.26. The number of esters is 2. The molecule has 9 unspecified atom stereocenters. The molecule has 4 saturated carbocycles. The van der Waals surface area contributed by atoms with Crippen LogP contribution < -0.4 is 0 Å². The van der Waals surface area contributed by atoms with Crippen LogP contribution in [0.2, 0.25) is 0 Å². The molecule has 9 atom stereocenters. The van der Waals surface area contributed by atoms with Crippen molar-refractivity contribution in [1.29, 1.82) is 0 Å². The van der Waals surface area contributed by atoms with E-state index < -0.39 is 28.9 Å². The first-order chi connectivity index (χ1) is 27.4. The lowest BCUT2D eigenvalue weighted by molar-refractivity contribution is -0.235. The van der Waals surface area contributed by atoms with Crippen LogP contribution in [0.5, 0.6) is 0 Å². The van der Waals surface area contributed by atoms with Crippen LogP contribution in [-0.4, -0.2) is 84.5 Å². The largest absolute Gasteiger partial charge is 0.481 e. The molecule has 9 heteroatoms. The van der Waals surface area contributed by atoms with Gasteiger partial charge in [-0.15, -0.1) is 0 Å². The Kier molecular flexibility index (Phi) is 12.6. The van der Waals surface area contributed by atoms with E-state index in [4.69, 9.17) is 9.47 Å². The zero-order chi connectivity index (χ0) is 43.5. The Bertz CT molecular complexity index is 1800. The number of carbonyl (C=O) groups excluding carboxylic acids is 3. The van der Waals surface area contributed by atoms with Crippen LogP contribution in [0.3, 0.4) is 0 Å². The van der Waals surface area contributed by atoms with E-state index in [0.29, 0.717) is 24.8 Å². The van der Waals surface area contributed by atoms with Gasteiger partial charge in [-0.1, -0.05) is 78.8 Å². The average molecular weight is 817 g/mol. The van der Waals surface area contributed by atoms with E-state index >= 15 is 0 Å². The smallest absolute Gasteiger partial charge is 0.309 e. The molecule has 9 nitrogen and oxygen atoms in total. The topological polar surface area (TPSA) is 113 Å². The Morgan fingerprint density at radius 3 is 2.17 bits per heavy atom. The summed E-state index contributed by atoms with van der Waals surface area (Å²) in [5, 5.41) is 9.67. The molecule has 6 rings (SSSR count). The number of rotatable bonds is 14. The summed E-state index contributed by atoms with van der Waals surface area (Å²) in [6, 6.07) is 10.5. The van der Waals surface area contributed by atoms with Crippen molar-refractivity contribution < 1.29 is 33.8 Å². The quantitative estimate of drug-likeness (QED) is 0.184. The van der Waals surface area contributed by atoms with Crippen LogP contribution in [-0.2, 0) is 35.2 Å². The van der Waals surface area contributed by atoms with E-state index in [1.165, 1.54) is 18.1 Å². The zero-order valence-corrected chi connectivity index (χ0v) is 38.5. The molecule has 59 heavy (non-hydrogen) atoms. The first-order valence-electron chi connectivity index (χ1n) is 22.7. The Morgan fingerprint density at radius 1 is 0.881 bits per heavy atom. The maximum Gasteiger partial charge on any atom is 0.309 e.